The molecular weight excluding hydrogens is 232 g/mol. The quantitative estimate of drug-likeness (QED) is 0.837. The fourth-order valence-corrected chi connectivity index (χ4v) is 3.84. The molecule has 1 heterocycles. The van der Waals surface area contributed by atoms with Crippen molar-refractivity contribution in [3.8, 4) is 0 Å². The number of piperidine rings is 1. The second-order valence-corrected chi connectivity index (χ2v) is 6.55. The second kappa shape index (κ2) is 5.26. The Morgan fingerprint density at radius 3 is 2.53 bits per heavy atom. The number of rotatable bonds is 1. The molecule has 0 bridgehead atoms. The first-order chi connectivity index (χ1) is 9.16. The molecule has 4 unspecified atom stereocenters. The predicted octanol–water partition coefficient (Wildman–Crippen LogP) is 3.29. The van der Waals surface area contributed by atoms with Crippen LogP contribution in [-0.4, -0.2) is 24.0 Å². The number of fused-ring (bicyclic) bond motifs is 1. The SMILES string of the molecule is CC1CCC(N2CCC(N)C(C)C2)c2ccccc21. The Morgan fingerprint density at radius 2 is 1.79 bits per heavy atom. The van der Waals surface area contributed by atoms with E-state index in [2.05, 4.69) is 43.0 Å². The Morgan fingerprint density at radius 1 is 1.05 bits per heavy atom. The van der Waals surface area contributed by atoms with Crippen LogP contribution in [0.1, 0.15) is 56.2 Å². The molecule has 0 saturated carbocycles. The van der Waals surface area contributed by atoms with E-state index in [1.807, 2.05) is 0 Å². The number of nitrogens with two attached hydrogens (primary N) is 1. The lowest BCUT2D eigenvalue weighted by atomic mass is 9.79. The molecule has 2 nitrogen and oxygen atoms in total. The monoisotopic (exact) mass is 258 g/mol. The van der Waals surface area contributed by atoms with Gasteiger partial charge in [0.2, 0.25) is 0 Å². The van der Waals surface area contributed by atoms with Crippen LogP contribution in [0.2, 0.25) is 0 Å². The minimum atomic E-state index is 0.397. The first-order valence-electron chi connectivity index (χ1n) is 7.75. The lowest BCUT2D eigenvalue weighted by molar-refractivity contribution is 0.103. The summed E-state index contributed by atoms with van der Waals surface area (Å²) in [5.41, 5.74) is 9.30. The first kappa shape index (κ1) is 13.1. The van der Waals surface area contributed by atoms with Gasteiger partial charge in [-0.1, -0.05) is 38.1 Å². The molecule has 1 saturated heterocycles. The van der Waals surface area contributed by atoms with Gasteiger partial charge in [0.05, 0.1) is 0 Å². The minimum absolute atomic E-state index is 0.397. The maximum Gasteiger partial charge on any atom is 0.0351 e. The summed E-state index contributed by atoms with van der Waals surface area (Å²) in [6, 6.07) is 10.1. The van der Waals surface area contributed by atoms with Crippen molar-refractivity contribution in [3.63, 3.8) is 0 Å². The molecular formula is C17H26N2. The van der Waals surface area contributed by atoms with Crippen molar-refractivity contribution in [3.05, 3.63) is 35.4 Å². The molecule has 0 aromatic heterocycles. The van der Waals surface area contributed by atoms with Gasteiger partial charge in [0, 0.05) is 25.2 Å². The molecule has 0 spiro atoms. The molecule has 104 valence electrons. The Hall–Kier alpha value is -0.860. The molecule has 1 aliphatic carbocycles. The summed E-state index contributed by atoms with van der Waals surface area (Å²) in [6.07, 6.45) is 3.77. The molecule has 1 aliphatic heterocycles. The maximum absolute atomic E-state index is 6.16. The van der Waals surface area contributed by atoms with E-state index >= 15 is 0 Å². The summed E-state index contributed by atoms with van der Waals surface area (Å²) in [7, 11) is 0. The summed E-state index contributed by atoms with van der Waals surface area (Å²) in [4.78, 5) is 2.68. The fraction of sp³-hybridized carbons (Fsp3) is 0.647. The average molecular weight is 258 g/mol. The van der Waals surface area contributed by atoms with Gasteiger partial charge in [-0.3, -0.25) is 4.90 Å². The largest absolute Gasteiger partial charge is 0.327 e. The number of likely N-dealkylation sites (tertiary alicyclic amines) is 1. The van der Waals surface area contributed by atoms with Crippen molar-refractivity contribution in [1.29, 1.82) is 0 Å². The van der Waals surface area contributed by atoms with Crippen LogP contribution in [0.15, 0.2) is 24.3 Å². The number of hydrogen-bond donors (Lipinski definition) is 1. The zero-order valence-electron chi connectivity index (χ0n) is 12.2. The zero-order valence-corrected chi connectivity index (χ0v) is 12.2. The van der Waals surface area contributed by atoms with Crippen LogP contribution in [0.5, 0.6) is 0 Å². The molecule has 3 rings (SSSR count). The van der Waals surface area contributed by atoms with Crippen molar-refractivity contribution < 1.29 is 0 Å². The number of hydrogen-bond acceptors (Lipinski definition) is 2. The molecule has 1 aromatic carbocycles. The highest BCUT2D eigenvalue weighted by Gasteiger charge is 2.32. The summed E-state index contributed by atoms with van der Waals surface area (Å²) in [5.74, 6) is 1.34. The first-order valence-corrected chi connectivity index (χ1v) is 7.75. The maximum atomic E-state index is 6.16. The fourth-order valence-electron chi connectivity index (χ4n) is 3.84. The number of benzene rings is 1. The number of nitrogens with zero attached hydrogens (tertiary/aromatic N) is 1. The molecule has 2 aliphatic rings. The van der Waals surface area contributed by atoms with Crippen molar-refractivity contribution >= 4 is 0 Å². The van der Waals surface area contributed by atoms with Gasteiger partial charge in [-0.2, -0.15) is 0 Å². The molecule has 1 fully saturated rings. The third-order valence-electron chi connectivity index (χ3n) is 5.20. The van der Waals surface area contributed by atoms with Gasteiger partial charge in [-0.15, -0.1) is 0 Å². The highest BCUT2D eigenvalue weighted by Crippen LogP contribution is 2.41. The van der Waals surface area contributed by atoms with Crippen molar-refractivity contribution in [2.24, 2.45) is 11.7 Å². The highest BCUT2D eigenvalue weighted by atomic mass is 15.2. The van der Waals surface area contributed by atoms with Gasteiger partial charge in [-0.05, 0) is 42.2 Å². The van der Waals surface area contributed by atoms with E-state index in [1.165, 1.54) is 19.4 Å². The lowest BCUT2D eigenvalue weighted by Crippen LogP contribution is -2.47. The minimum Gasteiger partial charge on any atom is -0.327 e. The lowest BCUT2D eigenvalue weighted by Gasteiger charge is -2.43. The van der Waals surface area contributed by atoms with E-state index in [-0.39, 0.29) is 0 Å². The standard InChI is InChI=1S/C17H26N2/c1-12-7-8-17(15-6-4-3-5-14(12)15)19-10-9-16(18)13(2)11-19/h3-6,12-13,16-17H,7-11,18H2,1-2H3. The topological polar surface area (TPSA) is 29.3 Å². The predicted molar refractivity (Wildman–Crippen MR) is 80.2 cm³/mol. The van der Waals surface area contributed by atoms with Crippen LogP contribution in [-0.2, 0) is 0 Å². The Bertz CT molecular complexity index is 443. The van der Waals surface area contributed by atoms with Gasteiger partial charge < -0.3 is 5.73 Å². The average Bonchev–Trinajstić information content (AvgIpc) is 2.43. The zero-order chi connectivity index (χ0) is 13.4. The molecule has 19 heavy (non-hydrogen) atoms. The molecule has 0 radical (unpaired) electrons. The van der Waals surface area contributed by atoms with Crippen molar-refractivity contribution in [2.75, 3.05) is 13.1 Å². The molecule has 2 N–H and O–H groups in total. The second-order valence-electron chi connectivity index (χ2n) is 6.55. The highest BCUT2D eigenvalue weighted by molar-refractivity contribution is 5.35. The van der Waals surface area contributed by atoms with Gasteiger partial charge in [0.25, 0.3) is 0 Å². The van der Waals surface area contributed by atoms with Crippen LogP contribution < -0.4 is 5.73 Å². The summed E-state index contributed by atoms with van der Waals surface area (Å²) >= 11 is 0. The van der Waals surface area contributed by atoms with Crippen molar-refractivity contribution in [2.45, 2.75) is 51.1 Å². The summed E-state index contributed by atoms with van der Waals surface area (Å²) in [6.45, 7) is 6.99. The van der Waals surface area contributed by atoms with Gasteiger partial charge in [0.15, 0.2) is 0 Å². The van der Waals surface area contributed by atoms with Gasteiger partial charge >= 0.3 is 0 Å². The molecule has 1 aromatic rings. The van der Waals surface area contributed by atoms with Gasteiger partial charge in [-0.25, -0.2) is 0 Å². The smallest absolute Gasteiger partial charge is 0.0351 e. The van der Waals surface area contributed by atoms with E-state index in [0.717, 1.165) is 18.9 Å². The third-order valence-corrected chi connectivity index (χ3v) is 5.20. The Labute approximate surface area is 117 Å². The molecule has 4 atom stereocenters. The van der Waals surface area contributed by atoms with E-state index in [1.54, 1.807) is 11.1 Å². The van der Waals surface area contributed by atoms with Crippen LogP contribution in [0, 0.1) is 5.92 Å². The Balaban J connectivity index is 1.84. The normalized spacial score (nSPS) is 35.9. The summed E-state index contributed by atoms with van der Waals surface area (Å²) in [5, 5.41) is 0. The van der Waals surface area contributed by atoms with E-state index in [0.29, 0.717) is 18.0 Å². The van der Waals surface area contributed by atoms with Crippen molar-refractivity contribution in [1.82, 2.24) is 4.90 Å². The van der Waals surface area contributed by atoms with E-state index in [9.17, 15) is 0 Å². The molecule has 0 amide bonds. The van der Waals surface area contributed by atoms with E-state index in [4.69, 9.17) is 5.73 Å². The van der Waals surface area contributed by atoms with Crippen LogP contribution >= 0.6 is 0 Å². The van der Waals surface area contributed by atoms with Crippen LogP contribution in [0.25, 0.3) is 0 Å². The molecule has 2 heteroatoms. The van der Waals surface area contributed by atoms with Gasteiger partial charge in [0.1, 0.15) is 0 Å². The summed E-state index contributed by atoms with van der Waals surface area (Å²) < 4.78 is 0. The van der Waals surface area contributed by atoms with E-state index < -0.39 is 0 Å². The Kier molecular flexibility index (Phi) is 3.64. The van der Waals surface area contributed by atoms with Crippen LogP contribution in [0.3, 0.4) is 0 Å². The third kappa shape index (κ3) is 2.44. The van der Waals surface area contributed by atoms with Crippen LogP contribution in [0.4, 0.5) is 0 Å².